The normalized spacial score (nSPS) is 13.8. The summed E-state index contributed by atoms with van der Waals surface area (Å²) in [5, 5.41) is 0. The monoisotopic (exact) mass is 395 g/mol. The molecule has 0 N–H and O–H groups in total. The van der Waals surface area contributed by atoms with Gasteiger partial charge in [-0.3, -0.25) is 4.79 Å². The Balaban J connectivity index is 1.43. The number of hydrogen-bond acceptors (Lipinski definition) is 2. The molecule has 0 radical (unpaired) electrons. The Labute approximate surface area is 176 Å². The fourth-order valence-corrected chi connectivity index (χ4v) is 4.25. The predicted molar refractivity (Wildman–Crippen MR) is 120 cm³/mol. The van der Waals surface area contributed by atoms with Crippen LogP contribution in [0, 0.1) is 0 Å². The third-order valence-electron chi connectivity index (χ3n) is 5.87. The first-order valence-electron chi connectivity index (χ1n) is 10.6. The van der Waals surface area contributed by atoms with E-state index in [0.717, 1.165) is 61.3 Å². The molecule has 1 aliphatic rings. The van der Waals surface area contributed by atoms with Crippen LogP contribution in [0.25, 0.3) is 11.0 Å². The summed E-state index contributed by atoms with van der Waals surface area (Å²) in [4.78, 5) is 19.5. The van der Waals surface area contributed by atoms with E-state index in [2.05, 4.69) is 59.2 Å². The second kappa shape index (κ2) is 8.15. The Bertz CT molecular complexity index is 1160. The highest BCUT2D eigenvalue weighted by Gasteiger charge is 2.19. The summed E-state index contributed by atoms with van der Waals surface area (Å²) in [6, 6.07) is 26.8. The number of carbonyl (C=O) groups is 1. The zero-order valence-corrected chi connectivity index (χ0v) is 17.0. The lowest BCUT2D eigenvalue weighted by Gasteiger charge is -2.15. The predicted octanol–water partition coefficient (Wildman–Crippen LogP) is 4.91. The first-order chi connectivity index (χ1) is 14.8. The highest BCUT2D eigenvalue weighted by Crippen LogP contribution is 2.21. The van der Waals surface area contributed by atoms with Crippen LogP contribution >= 0.6 is 0 Å². The van der Waals surface area contributed by atoms with Gasteiger partial charge in [0.2, 0.25) is 0 Å². The molecule has 0 bridgehead atoms. The van der Waals surface area contributed by atoms with Gasteiger partial charge in [-0.2, -0.15) is 0 Å². The van der Waals surface area contributed by atoms with E-state index in [1.165, 1.54) is 11.1 Å². The van der Waals surface area contributed by atoms with Crippen molar-refractivity contribution in [1.82, 2.24) is 14.5 Å². The number of likely N-dealkylation sites (tertiary alicyclic amines) is 1. The van der Waals surface area contributed by atoms with E-state index in [0.29, 0.717) is 0 Å². The molecule has 0 atom stereocenters. The van der Waals surface area contributed by atoms with Gasteiger partial charge >= 0.3 is 0 Å². The number of imidazole rings is 1. The van der Waals surface area contributed by atoms with Gasteiger partial charge in [-0.25, -0.2) is 4.98 Å². The lowest BCUT2D eigenvalue weighted by Crippen LogP contribution is -2.27. The van der Waals surface area contributed by atoms with Crippen molar-refractivity contribution < 1.29 is 4.79 Å². The summed E-state index contributed by atoms with van der Waals surface area (Å²) < 4.78 is 2.29. The van der Waals surface area contributed by atoms with E-state index in [1.54, 1.807) is 0 Å². The molecule has 2 heterocycles. The molecule has 1 amide bonds. The number of para-hydroxylation sites is 2. The minimum absolute atomic E-state index is 0.150. The van der Waals surface area contributed by atoms with Gasteiger partial charge in [-0.05, 0) is 48.2 Å². The molecular formula is C26H25N3O. The van der Waals surface area contributed by atoms with E-state index >= 15 is 0 Å². The minimum Gasteiger partial charge on any atom is -0.339 e. The largest absolute Gasteiger partial charge is 0.339 e. The smallest absolute Gasteiger partial charge is 0.253 e. The number of fused-ring (bicyclic) bond motifs is 1. The van der Waals surface area contributed by atoms with Crippen molar-refractivity contribution in [2.75, 3.05) is 13.1 Å². The molecule has 30 heavy (non-hydrogen) atoms. The summed E-state index contributed by atoms with van der Waals surface area (Å²) >= 11 is 0. The van der Waals surface area contributed by atoms with Crippen molar-refractivity contribution in [2.45, 2.75) is 25.8 Å². The van der Waals surface area contributed by atoms with E-state index in [4.69, 9.17) is 4.98 Å². The standard InChI is InChI=1S/C26H25N3O/c30-26(28-16-6-7-17-28)22-14-12-21(13-15-22)19-29-24-11-5-4-10-23(24)27-25(29)18-20-8-2-1-3-9-20/h1-5,8-15H,6-7,16-19H2. The van der Waals surface area contributed by atoms with Gasteiger partial charge < -0.3 is 9.47 Å². The Morgan fingerprint density at radius 1 is 0.800 bits per heavy atom. The highest BCUT2D eigenvalue weighted by atomic mass is 16.2. The van der Waals surface area contributed by atoms with Crippen LogP contribution in [-0.4, -0.2) is 33.4 Å². The Morgan fingerprint density at radius 2 is 1.50 bits per heavy atom. The second-order valence-corrected chi connectivity index (χ2v) is 7.96. The van der Waals surface area contributed by atoms with Crippen LogP contribution in [0.15, 0.2) is 78.9 Å². The van der Waals surface area contributed by atoms with E-state index < -0.39 is 0 Å². The second-order valence-electron chi connectivity index (χ2n) is 7.96. The number of hydrogen-bond donors (Lipinski definition) is 0. The fourth-order valence-electron chi connectivity index (χ4n) is 4.25. The van der Waals surface area contributed by atoms with Crippen LogP contribution in [0.3, 0.4) is 0 Å². The average molecular weight is 396 g/mol. The van der Waals surface area contributed by atoms with Crippen LogP contribution in [0.2, 0.25) is 0 Å². The average Bonchev–Trinajstić information content (AvgIpc) is 3.44. The summed E-state index contributed by atoms with van der Waals surface area (Å²) in [6.45, 7) is 2.50. The highest BCUT2D eigenvalue weighted by molar-refractivity contribution is 5.94. The van der Waals surface area contributed by atoms with Crippen LogP contribution in [0.1, 0.15) is 40.2 Å². The zero-order chi connectivity index (χ0) is 20.3. The van der Waals surface area contributed by atoms with Gasteiger partial charge in [-0.15, -0.1) is 0 Å². The summed E-state index contributed by atoms with van der Waals surface area (Å²) in [5.74, 6) is 1.21. The fraction of sp³-hybridized carbons (Fsp3) is 0.231. The molecule has 3 aromatic carbocycles. The Kier molecular flexibility index (Phi) is 5.06. The van der Waals surface area contributed by atoms with Gasteiger partial charge in [0.1, 0.15) is 5.82 Å². The number of aromatic nitrogens is 2. The topological polar surface area (TPSA) is 38.1 Å². The number of carbonyl (C=O) groups excluding carboxylic acids is 1. The minimum atomic E-state index is 0.150. The summed E-state index contributed by atoms with van der Waals surface area (Å²) in [5.41, 5.74) is 5.36. The Hall–Kier alpha value is -3.40. The first-order valence-corrected chi connectivity index (χ1v) is 10.6. The van der Waals surface area contributed by atoms with Gasteiger partial charge in [0.15, 0.2) is 0 Å². The number of rotatable bonds is 5. The maximum atomic E-state index is 12.6. The molecule has 0 spiro atoms. The van der Waals surface area contributed by atoms with Crippen molar-refractivity contribution in [2.24, 2.45) is 0 Å². The maximum Gasteiger partial charge on any atom is 0.253 e. The maximum absolute atomic E-state index is 12.6. The van der Waals surface area contributed by atoms with Crippen molar-refractivity contribution in [3.8, 4) is 0 Å². The van der Waals surface area contributed by atoms with Crippen molar-refractivity contribution >= 4 is 16.9 Å². The molecule has 1 fully saturated rings. The van der Waals surface area contributed by atoms with Crippen LogP contribution in [0.5, 0.6) is 0 Å². The molecule has 0 unspecified atom stereocenters. The van der Waals surface area contributed by atoms with Crippen molar-refractivity contribution in [3.63, 3.8) is 0 Å². The molecule has 4 nitrogen and oxygen atoms in total. The molecule has 4 aromatic rings. The molecule has 4 heteroatoms. The number of amides is 1. The van der Waals surface area contributed by atoms with Gasteiger partial charge in [0.25, 0.3) is 5.91 Å². The lowest BCUT2D eigenvalue weighted by atomic mass is 10.1. The molecular weight excluding hydrogens is 370 g/mol. The van der Waals surface area contributed by atoms with E-state index in [9.17, 15) is 4.79 Å². The third-order valence-corrected chi connectivity index (χ3v) is 5.87. The van der Waals surface area contributed by atoms with E-state index in [1.807, 2.05) is 29.2 Å². The molecule has 0 saturated carbocycles. The van der Waals surface area contributed by atoms with E-state index in [-0.39, 0.29) is 5.91 Å². The first kappa shape index (κ1) is 18.6. The summed E-state index contributed by atoms with van der Waals surface area (Å²) in [7, 11) is 0. The molecule has 1 aromatic heterocycles. The van der Waals surface area contributed by atoms with Crippen LogP contribution < -0.4 is 0 Å². The molecule has 1 aliphatic heterocycles. The van der Waals surface area contributed by atoms with Crippen LogP contribution in [0.4, 0.5) is 0 Å². The zero-order valence-electron chi connectivity index (χ0n) is 17.0. The summed E-state index contributed by atoms with van der Waals surface area (Å²) in [6.07, 6.45) is 3.02. The molecule has 5 rings (SSSR count). The third kappa shape index (κ3) is 3.73. The van der Waals surface area contributed by atoms with Gasteiger partial charge in [0.05, 0.1) is 11.0 Å². The number of nitrogens with zero attached hydrogens (tertiary/aromatic N) is 3. The molecule has 0 aliphatic carbocycles. The number of benzene rings is 3. The van der Waals surface area contributed by atoms with Gasteiger partial charge in [0, 0.05) is 31.6 Å². The van der Waals surface area contributed by atoms with Crippen molar-refractivity contribution in [3.05, 3.63) is 101 Å². The molecule has 150 valence electrons. The van der Waals surface area contributed by atoms with Crippen molar-refractivity contribution in [1.29, 1.82) is 0 Å². The van der Waals surface area contributed by atoms with Gasteiger partial charge in [-0.1, -0.05) is 54.6 Å². The van der Waals surface area contributed by atoms with Crippen LogP contribution in [-0.2, 0) is 13.0 Å². The quantitative estimate of drug-likeness (QED) is 0.481. The lowest BCUT2D eigenvalue weighted by molar-refractivity contribution is 0.0793. The Morgan fingerprint density at radius 3 is 2.27 bits per heavy atom. The molecule has 1 saturated heterocycles. The SMILES string of the molecule is O=C(c1ccc(Cn2c(Cc3ccccc3)nc3ccccc32)cc1)N1CCCC1.